The molecule has 0 bridgehead atoms. The van der Waals surface area contributed by atoms with E-state index in [2.05, 4.69) is 41.6 Å². The lowest BCUT2D eigenvalue weighted by atomic mass is 9.84. The van der Waals surface area contributed by atoms with Gasteiger partial charge in [0.2, 0.25) is 5.95 Å². The molecule has 2 heterocycles. The Balaban J connectivity index is 1.91. The molecule has 0 unspecified atom stereocenters. The van der Waals surface area contributed by atoms with Gasteiger partial charge in [-0.3, -0.25) is 4.79 Å². The number of ether oxygens (including phenoxy) is 1. The van der Waals surface area contributed by atoms with E-state index in [1.807, 2.05) is 43.3 Å². The van der Waals surface area contributed by atoms with Crippen LogP contribution in [-0.2, 0) is 14.9 Å². The molecule has 0 radical (unpaired) electrons. The summed E-state index contributed by atoms with van der Waals surface area (Å²) in [5.74, 6) is -0.703. The summed E-state index contributed by atoms with van der Waals surface area (Å²) < 4.78 is 6.49. The average molecular weight is 431 g/mol. The van der Waals surface area contributed by atoms with Crippen LogP contribution < -0.4 is 5.32 Å². The molecule has 0 fully saturated rings. The number of nitrogens with zero attached hydrogens (tertiary/aromatic N) is 4. The Kier molecular flexibility index (Phi) is 5.38. The molecule has 0 amide bonds. The van der Waals surface area contributed by atoms with E-state index in [-0.39, 0.29) is 28.4 Å². The van der Waals surface area contributed by atoms with Crippen LogP contribution in [0.3, 0.4) is 0 Å². The number of tetrazole rings is 1. The van der Waals surface area contributed by atoms with Gasteiger partial charge in [-0.25, -0.2) is 4.79 Å². The van der Waals surface area contributed by atoms with Crippen molar-refractivity contribution in [1.29, 1.82) is 0 Å². The Morgan fingerprint density at radius 2 is 1.69 bits per heavy atom. The molecule has 0 aliphatic carbocycles. The minimum atomic E-state index is -0.696. The maximum Gasteiger partial charge on any atom is 0.355 e. The molecule has 1 aromatic heterocycles. The molecule has 8 nitrogen and oxygen atoms in total. The van der Waals surface area contributed by atoms with Gasteiger partial charge in [0, 0.05) is 5.56 Å². The number of aromatic nitrogens is 4. The van der Waals surface area contributed by atoms with Crippen LogP contribution >= 0.6 is 0 Å². The fraction of sp³-hybridized carbons (Fsp3) is 0.292. The van der Waals surface area contributed by atoms with Gasteiger partial charge in [0.25, 0.3) is 0 Å². The molecular formula is C24H25N5O3. The van der Waals surface area contributed by atoms with Crippen molar-refractivity contribution in [3.05, 3.63) is 82.1 Å². The van der Waals surface area contributed by atoms with E-state index in [4.69, 9.17) is 4.74 Å². The van der Waals surface area contributed by atoms with Gasteiger partial charge in [-0.2, -0.15) is 4.68 Å². The van der Waals surface area contributed by atoms with Gasteiger partial charge in [0.1, 0.15) is 11.7 Å². The van der Waals surface area contributed by atoms with Crippen molar-refractivity contribution < 1.29 is 14.3 Å². The molecule has 8 heteroatoms. The van der Waals surface area contributed by atoms with Crippen LogP contribution in [0.25, 0.3) is 0 Å². The molecule has 1 atom stereocenters. The summed E-state index contributed by atoms with van der Waals surface area (Å²) in [6, 6.07) is 14.4. The van der Waals surface area contributed by atoms with Crippen molar-refractivity contribution in [2.45, 2.75) is 39.2 Å². The lowest BCUT2D eigenvalue weighted by Gasteiger charge is -2.28. The highest BCUT2D eigenvalue weighted by molar-refractivity contribution is 6.14. The Morgan fingerprint density at radius 1 is 1.03 bits per heavy atom. The van der Waals surface area contributed by atoms with Crippen molar-refractivity contribution in [2.75, 3.05) is 12.4 Å². The predicted octanol–water partition coefficient (Wildman–Crippen LogP) is 3.60. The van der Waals surface area contributed by atoms with Gasteiger partial charge in [0.05, 0.1) is 12.7 Å². The SMILES string of the molecule is COC(=O)C1=C(C(=O)c2ccc(C)cc2)[C@@H](c2ccc(C(C)(C)C)cc2)n2nnnc2N1. The van der Waals surface area contributed by atoms with E-state index in [0.29, 0.717) is 5.56 Å². The molecule has 4 rings (SSSR count). The Labute approximate surface area is 186 Å². The minimum Gasteiger partial charge on any atom is -0.464 e. The zero-order valence-corrected chi connectivity index (χ0v) is 18.7. The van der Waals surface area contributed by atoms with E-state index in [9.17, 15) is 9.59 Å². The summed E-state index contributed by atoms with van der Waals surface area (Å²) in [6.45, 7) is 8.34. The van der Waals surface area contributed by atoms with Gasteiger partial charge < -0.3 is 10.1 Å². The van der Waals surface area contributed by atoms with Crippen LogP contribution in [0, 0.1) is 6.92 Å². The van der Waals surface area contributed by atoms with Crippen molar-refractivity contribution >= 4 is 17.7 Å². The molecule has 1 N–H and O–H groups in total. The molecule has 0 saturated heterocycles. The number of fused-ring (bicyclic) bond motifs is 1. The van der Waals surface area contributed by atoms with Gasteiger partial charge in [0.15, 0.2) is 5.78 Å². The fourth-order valence-electron chi connectivity index (χ4n) is 3.72. The van der Waals surface area contributed by atoms with E-state index >= 15 is 0 Å². The van der Waals surface area contributed by atoms with Crippen LogP contribution in [0.15, 0.2) is 59.8 Å². The van der Waals surface area contributed by atoms with Crippen molar-refractivity contribution in [2.24, 2.45) is 0 Å². The third-order valence-electron chi connectivity index (χ3n) is 5.56. The second kappa shape index (κ2) is 8.03. The van der Waals surface area contributed by atoms with Gasteiger partial charge >= 0.3 is 5.97 Å². The first kappa shape index (κ1) is 21.4. The predicted molar refractivity (Wildman–Crippen MR) is 119 cm³/mol. The number of allylic oxidation sites excluding steroid dienone is 1. The highest BCUT2D eigenvalue weighted by Gasteiger charge is 2.38. The number of nitrogens with one attached hydrogen (secondary N) is 1. The number of hydrogen-bond acceptors (Lipinski definition) is 7. The maximum atomic E-state index is 13.7. The maximum absolute atomic E-state index is 13.7. The summed E-state index contributed by atoms with van der Waals surface area (Å²) in [5, 5.41) is 14.7. The molecule has 32 heavy (non-hydrogen) atoms. The molecule has 0 spiro atoms. The summed E-state index contributed by atoms with van der Waals surface area (Å²) in [5.41, 5.74) is 3.65. The number of methoxy groups -OCH3 is 1. The quantitative estimate of drug-likeness (QED) is 0.498. The standard InChI is InChI=1S/C24H25N5O3/c1-14-6-8-16(9-7-14)21(30)18-19(22(31)32-5)25-23-26-27-28-29(23)20(18)15-10-12-17(13-11-15)24(2,3)4/h6-13,20H,1-5H3,(H,25,26,28)/t20-/m1/s1. The minimum absolute atomic E-state index is 0.0276. The number of esters is 1. The number of carbonyl (C=O) groups excluding carboxylic acids is 2. The zero-order valence-electron chi connectivity index (χ0n) is 18.7. The molecule has 1 aliphatic heterocycles. The van der Waals surface area contributed by atoms with Crippen molar-refractivity contribution in [3.8, 4) is 0 Å². The monoisotopic (exact) mass is 431 g/mol. The lowest BCUT2D eigenvalue weighted by Crippen LogP contribution is -2.33. The molecule has 164 valence electrons. The average Bonchev–Trinajstić information content (AvgIpc) is 3.25. The van der Waals surface area contributed by atoms with Crippen molar-refractivity contribution in [3.63, 3.8) is 0 Å². The van der Waals surface area contributed by atoms with Gasteiger partial charge in [-0.1, -0.05) is 80.0 Å². The molecule has 2 aromatic carbocycles. The first-order valence-corrected chi connectivity index (χ1v) is 10.3. The second-order valence-corrected chi connectivity index (χ2v) is 8.82. The normalized spacial score (nSPS) is 15.7. The van der Waals surface area contributed by atoms with Crippen LogP contribution in [0.5, 0.6) is 0 Å². The first-order valence-electron chi connectivity index (χ1n) is 10.3. The van der Waals surface area contributed by atoms with Crippen molar-refractivity contribution in [1.82, 2.24) is 20.2 Å². The fourth-order valence-corrected chi connectivity index (χ4v) is 3.72. The van der Waals surface area contributed by atoms with E-state index in [1.165, 1.54) is 11.8 Å². The largest absolute Gasteiger partial charge is 0.464 e. The third-order valence-corrected chi connectivity index (χ3v) is 5.56. The number of hydrogen-bond donors (Lipinski definition) is 1. The zero-order chi connectivity index (χ0) is 23.0. The second-order valence-electron chi connectivity index (χ2n) is 8.82. The third kappa shape index (κ3) is 3.79. The summed E-state index contributed by atoms with van der Waals surface area (Å²) in [6.07, 6.45) is 0. The Hall–Kier alpha value is -3.81. The lowest BCUT2D eigenvalue weighted by molar-refractivity contribution is -0.136. The smallest absolute Gasteiger partial charge is 0.355 e. The van der Waals surface area contributed by atoms with Crippen LogP contribution in [0.2, 0.25) is 0 Å². The molecule has 3 aromatic rings. The summed E-state index contributed by atoms with van der Waals surface area (Å²) >= 11 is 0. The topological polar surface area (TPSA) is 99.0 Å². The van der Waals surface area contributed by atoms with E-state index < -0.39 is 12.0 Å². The number of ketones is 1. The number of Topliss-reactive ketones (excluding diaryl/α,β-unsaturated/α-hetero) is 1. The van der Waals surface area contributed by atoms with Crippen LogP contribution in [-0.4, -0.2) is 39.1 Å². The van der Waals surface area contributed by atoms with E-state index in [0.717, 1.165) is 16.7 Å². The summed E-state index contributed by atoms with van der Waals surface area (Å²) in [4.78, 5) is 26.4. The summed E-state index contributed by atoms with van der Waals surface area (Å²) in [7, 11) is 1.27. The number of carbonyl (C=O) groups is 2. The van der Waals surface area contributed by atoms with Crippen LogP contribution in [0.1, 0.15) is 53.9 Å². The molecule has 0 saturated carbocycles. The highest BCUT2D eigenvalue weighted by atomic mass is 16.5. The van der Waals surface area contributed by atoms with Gasteiger partial charge in [-0.05, 0) is 33.9 Å². The van der Waals surface area contributed by atoms with E-state index in [1.54, 1.807) is 12.1 Å². The number of aryl methyl sites for hydroxylation is 1. The van der Waals surface area contributed by atoms with Crippen LogP contribution in [0.4, 0.5) is 5.95 Å². The van der Waals surface area contributed by atoms with Gasteiger partial charge in [-0.15, -0.1) is 0 Å². The molecular weight excluding hydrogens is 406 g/mol. The first-order chi connectivity index (χ1) is 15.2. The Bertz CT molecular complexity index is 1200. The highest BCUT2D eigenvalue weighted by Crippen LogP contribution is 2.37. The molecule has 1 aliphatic rings. The number of anilines is 1. The number of rotatable bonds is 4. The number of benzene rings is 2. The Morgan fingerprint density at radius 3 is 2.28 bits per heavy atom.